The molecule has 40 heavy (non-hydrogen) atoms. The average Bonchev–Trinajstić information content (AvgIpc) is 3.48. The van der Waals surface area contributed by atoms with Crippen LogP contribution in [0.3, 0.4) is 0 Å². The molecule has 0 aliphatic carbocycles. The summed E-state index contributed by atoms with van der Waals surface area (Å²) < 4.78 is 10.3. The van der Waals surface area contributed by atoms with Gasteiger partial charge in [-0.2, -0.15) is 0 Å². The van der Waals surface area contributed by atoms with Crippen molar-refractivity contribution < 1.29 is 28.7 Å². The van der Waals surface area contributed by atoms with Crippen molar-refractivity contribution >= 4 is 45.6 Å². The minimum Gasteiger partial charge on any atom is -0.466 e. The molecule has 0 bridgehead atoms. The van der Waals surface area contributed by atoms with E-state index < -0.39 is 34.4 Å². The number of hydrogen-bond acceptors (Lipinski definition) is 8. The Kier molecular flexibility index (Phi) is 6.23. The standard InChI is InChI=1S/C31H22N2O6S/c1-38-28(35)24-25(29(36)39-2)33(27(34)19-11-4-3-5-12-19)26(22-17-16-18-10-6-8-14-21(18)32-22)31(24)20-13-7-9-15-23(20)40-30(31)37/h3-17,26H,1-2H3. The van der Waals surface area contributed by atoms with Crippen LogP contribution in [0.1, 0.15) is 27.7 Å². The van der Waals surface area contributed by atoms with Crippen molar-refractivity contribution in [3.05, 3.63) is 119 Å². The van der Waals surface area contributed by atoms with E-state index in [-0.39, 0.29) is 16.8 Å². The number of para-hydroxylation sites is 1. The Morgan fingerprint density at radius 2 is 1.50 bits per heavy atom. The summed E-state index contributed by atoms with van der Waals surface area (Å²) in [6, 6.07) is 25.2. The number of esters is 2. The molecule has 2 aliphatic heterocycles. The van der Waals surface area contributed by atoms with Crippen LogP contribution >= 0.6 is 11.8 Å². The van der Waals surface area contributed by atoms with Gasteiger partial charge in [-0.25, -0.2) is 9.59 Å². The highest BCUT2D eigenvalue weighted by Crippen LogP contribution is 2.62. The molecule has 2 unspecified atom stereocenters. The Morgan fingerprint density at radius 3 is 2.25 bits per heavy atom. The van der Waals surface area contributed by atoms with E-state index in [2.05, 4.69) is 0 Å². The first kappa shape index (κ1) is 25.5. The zero-order valence-electron chi connectivity index (χ0n) is 21.5. The van der Waals surface area contributed by atoms with Gasteiger partial charge in [-0.15, -0.1) is 0 Å². The molecule has 6 rings (SSSR count). The summed E-state index contributed by atoms with van der Waals surface area (Å²) >= 11 is 0.953. The molecule has 0 saturated carbocycles. The fourth-order valence-electron chi connectivity index (χ4n) is 5.62. The summed E-state index contributed by atoms with van der Waals surface area (Å²) in [6.07, 6.45) is 0. The van der Waals surface area contributed by atoms with Crippen LogP contribution in [0.25, 0.3) is 10.9 Å². The molecule has 3 aromatic carbocycles. The third-order valence-electron chi connectivity index (χ3n) is 7.28. The van der Waals surface area contributed by atoms with Gasteiger partial charge in [0.25, 0.3) is 5.91 Å². The molecular weight excluding hydrogens is 528 g/mol. The zero-order valence-corrected chi connectivity index (χ0v) is 22.3. The number of thioether (sulfide) groups is 1. The minimum atomic E-state index is -1.79. The molecule has 4 aromatic rings. The summed E-state index contributed by atoms with van der Waals surface area (Å²) in [4.78, 5) is 62.4. The first-order valence-corrected chi connectivity index (χ1v) is 13.2. The highest BCUT2D eigenvalue weighted by atomic mass is 32.2. The summed E-state index contributed by atoms with van der Waals surface area (Å²) in [5, 5.41) is 0.417. The smallest absolute Gasteiger partial charge is 0.355 e. The van der Waals surface area contributed by atoms with E-state index in [1.165, 1.54) is 12.0 Å². The maximum atomic E-state index is 14.3. The molecule has 0 fully saturated rings. The van der Waals surface area contributed by atoms with E-state index in [0.717, 1.165) is 24.3 Å². The lowest BCUT2D eigenvalue weighted by Crippen LogP contribution is -2.45. The van der Waals surface area contributed by atoms with E-state index >= 15 is 0 Å². The van der Waals surface area contributed by atoms with E-state index in [4.69, 9.17) is 14.5 Å². The van der Waals surface area contributed by atoms with Crippen LogP contribution < -0.4 is 0 Å². The van der Waals surface area contributed by atoms with E-state index in [1.807, 2.05) is 30.3 Å². The number of carbonyl (C=O) groups excluding carboxylic acids is 4. The summed E-state index contributed by atoms with van der Waals surface area (Å²) in [6.45, 7) is 0. The Labute approximate surface area is 233 Å². The minimum absolute atomic E-state index is 0.252. The monoisotopic (exact) mass is 550 g/mol. The van der Waals surface area contributed by atoms with Gasteiger partial charge in [0.1, 0.15) is 17.2 Å². The molecule has 0 saturated heterocycles. The van der Waals surface area contributed by atoms with Crippen molar-refractivity contribution in [3.63, 3.8) is 0 Å². The van der Waals surface area contributed by atoms with Gasteiger partial charge in [0.2, 0.25) is 5.12 Å². The van der Waals surface area contributed by atoms with E-state index in [0.29, 0.717) is 21.7 Å². The van der Waals surface area contributed by atoms with Crippen LogP contribution in [0.2, 0.25) is 0 Å². The highest BCUT2D eigenvalue weighted by Gasteiger charge is 2.67. The zero-order chi connectivity index (χ0) is 28.0. The van der Waals surface area contributed by atoms with Crippen LogP contribution in [0, 0.1) is 0 Å². The van der Waals surface area contributed by atoms with Gasteiger partial charge in [0, 0.05) is 15.8 Å². The van der Waals surface area contributed by atoms with Gasteiger partial charge in [0.05, 0.1) is 31.0 Å². The number of nitrogens with zero attached hydrogens (tertiary/aromatic N) is 2. The molecule has 1 spiro atoms. The van der Waals surface area contributed by atoms with Crippen LogP contribution in [-0.2, 0) is 29.3 Å². The quantitative estimate of drug-likeness (QED) is 0.340. The van der Waals surface area contributed by atoms with Crippen molar-refractivity contribution in [1.82, 2.24) is 9.88 Å². The molecule has 2 aliphatic rings. The molecule has 2 atom stereocenters. The van der Waals surface area contributed by atoms with Gasteiger partial charge in [-0.3, -0.25) is 19.5 Å². The Hall–Kier alpha value is -4.76. The summed E-state index contributed by atoms with van der Waals surface area (Å²) in [5.41, 5.74) is -0.717. The van der Waals surface area contributed by atoms with E-state index in [1.54, 1.807) is 60.7 Å². The number of aromatic nitrogens is 1. The normalized spacial score (nSPS) is 19.7. The molecule has 1 aromatic heterocycles. The van der Waals surface area contributed by atoms with Crippen molar-refractivity contribution in [2.75, 3.05) is 14.2 Å². The maximum absolute atomic E-state index is 14.3. The topological polar surface area (TPSA) is 103 Å². The van der Waals surface area contributed by atoms with Crippen LogP contribution in [0.5, 0.6) is 0 Å². The Balaban J connectivity index is 1.75. The Bertz CT molecular complexity index is 1750. The number of benzene rings is 3. The molecule has 0 radical (unpaired) electrons. The van der Waals surface area contributed by atoms with Gasteiger partial charge < -0.3 is 9.47 Å². The number of fused-ring (bicyclic) bond motifs is 3. The summed E-state index contributed by atoms with van der Waals surface area (Å²) in [5.74, 6) is -2.46. The fraction of sp³-hybridized carbons (Fsp3) is 0.129. The second-order valence-corrected chi connectivity index (χ2v) is 10.3. The van der Waals surface area contributed by atoms with Gasteiger partial charge in [-0.05, 0) is 35.9 Å². The van der Waals surface area contributed by atoms with Crippen LogP contribution in [0.4, 0.5) is 0 Å². The molecule has 1 amide bonds. The lowest BCUT2D eigenvalue weighted by atomic mass is 9.70. The predicted octanol–water partition coefficient (Wildman–Crippen LogP) is 4.60. The van der Waals surface area contributed by atoms with Crippen molar-refractivity contribution in [1.29, 1.82) is 0 Å². The molecule has 0 N–H and O–H groups in total. The second kappa shape index (κ2) is 9.77. The lowest BCUT2D eigenvalue weighted by Gasteiger charge is -2.35. The second-order valence-electron chi connectivity index (χ2n) is 9.27. The highest BCUT2D eigenvalue weighted by molar-refractivity contribution is 8.14. The molecule has 3 heterocycles. The SMILES string of the molecule is COC(=O)C1=C(C(=O)OC)C2(C(=O)Sc3ccccc32)C(c2ccc3ccccc3n2)N1C(=O)c1ccccc1. The molecule has 9 heteroatoms. The number of pyridine rings is 1. The third-order valence-corrected chi connectivity index (χ3v) is 8.37. The Morgan fingerprint density at radius 1 is 0.825 bits per heavy atom. The predicted molar refractivity (Wildman–Crippen MR) is 147 cm³/mol. The number of methoxy groups -OCH3 is 2. The number of rotatable bonds is 4. The number of ether oxygens (including phenoxy) is 2. The van der Waals surface area contributed by atoms with Crippen molar-refractivity contribution in [2.24, 2.45) is 0 Å². The van der Waals surface area contributed by atoms with Gasteiger partial charge >= 0.3 is 11.9 Å². The third kappa shape index (κ3) is 3.58. The number of carbonyl (C=O) groups is 4. The summed E-state index contributed by atoms with van der Waals surface area (Å²) in [7, 11) is 2.32. The van der Waals surface area contributed by atoms with Gasteiger partial charge in [-0.1, -0.05) is 72.4 Å². The van der Waals surface area contributed by atoms with Crippen LogP contribution in [0.15, 0.2) is 107 Å². The molecular formula is C31H22N2O6S. The van der Waals surface area contributed by atoms with Gasteiger partial charge in [0.15, 0.2) is 0 Å². The fourth-order valence-corrected chi connectivity index (χ4v) is 6.79. The van der Waals surface area contributed by atoms with Crippen LogP contribution in [-0.4, -0.2) is 47.1 Å². The average molecular weight is 551 g/mol. The molecule has 198 valence electrons. The largest absolute Gasteiger partial charge is 0.466 e. The lowest BCUT2D eigenvalue weighted by molar-refractivity contribution is -0.140. The number of amides is 1. The van der Waals surface area contributed by atoms with Crippen molar-refractivity contribution in [2.45, 2.75) is 16.4 Å². The van der Waals surface area contributed by atoms with E-state index in [9.17, 15) is 19.2 Å². The first-order valence-electron chi connectivity index (χ1n) is 12.4. The number of hydrogen-bond donors (Lipinski definition) is 0. The maximum Gasteiger partial charge on any atom is 0.355 e. The van der Waals surface area contributed by atoms with Crippen molar-refractivity contribution in [3.8, 4) is 0 Å². The first-order chi connectivity index (χ1) is 19.4. The molecule has 8 nitrogen and oxygen atoms in total.